The molecule has 0 saturated carbocycles. The number of carbonyl (C=O) groups excluding carboxylic acids is 6. The summed E-state index contributed by atoms with van der Waals surface area (Å²) in [6, 6.07) is 2.16. The molecule has 0 atom stereocenters. The van der Waals surface area contributed by atoms with E-state index >= 15 is 0 Å². The van der Waals surface area contributed by atoms with Crippen LogP contribution in [0.3, 0.4) is 0 Å². The molecule has 0 aliphatic heterocycles. The fraction of sp³-hybridized carbons (Fsp3) is 0.238. The molecule has 2 rings (SSSR count). The maximum atomic E-state index is 13.2. The van der Waals surface area contributed by atoms with E-state index in [1.165, 1.54) is 0 Å². The maximum Gasteiger partial charge on any atom is 0.349 e. The second-order valence-corrected chi connectivity index (χ2v) is 9.19. The van der Waals surface area contributed by atoms with Gasteiger partial charge in [-0.05, 0) is 25.3 Å². The quantitative estimate of drug-likeness (QED) is 0.186. The first-order valence-electron chi connectivity index (χ1n) is 10.3. The van der Waals surface area contributed by atoms with Crippen LogP contribution in [0.15, 0.2) is 12.1 Å². The van der Waals surface area contributed by atoms with Crippen molar-refractivity contribution in [2.75, 3.05) is 19.5 Å². The SMILES string of the molecule is CCOP(=O)(CNC(=O)c1c(C(N)=O)c(C(N)=O)c2c(C(N)=O)c(C(N)=O)ccc2c1C=O)OCC. The summed E-state index contributed by atoms with van der Waals surface area (Å²) in [6.07, 6.45) is -0.505. The fourth-order valence-corrected chi connectivity index (χ4v) is 5.08. The topological polar surface area (TPSA) is 254 Å². The summed E-state index contributed by atoms with van der Waals surface area (Å²) >= 11 is 0. The van der Waals surface area contributed by atoms with E-state index in [1.807, 2.05) is 0 Å². The highest BCUT2D eigenvalue weighted by Crippen LogP contribution is 2.46. The van der Waals surface area contributed by atoms with Gasteiger partial charge in [0.15, 0.2) is 6.29 Å². The van der Waals surface area contributed by atoms with E-state index in [0.29, 0.717) is 0 Å². The van der Waals surface area contributed by atoms with Crippen molar-refractivity contribution in [3.8, 4) is 0 Å². The molecule has 192 valence electrons. The monoisotopic (exact) mass is 521 g/mol. The molecule has 14 nitrogen and oxygen atoms in total. The standard InChI is InChI=1S/C21H24N5O9P/c1-3-34-36(33,35-4-2)8-26-21(32)14-11(7-27)9-5-6-10(17(22)28)13(18(23)29)12(9)15(19(24)30)16(14)20(25)31/h5-7H,3-4,8H2,1-2H3,(H2,22,28)(H2,23,29)(H2,24,30)(H2,25,31)(H,26,32). The first-order valence-corrected chi connectivity index (χ1v) is 12.0. The third-order valence-corrected chi connectivity index (χ3v) is 6.80. The van der Waals surface area contributed by atoms with E-state index in [1.54, 1.807) is 13.8 Å². The van der Waals surface area contributed by atoms with Crippen molar-refractivity contribution in [2.45, 2.75) is 13.8 Å². The zero-order chi connectivity index (χ0) is 27.4. The summed E-state index contributed by atoms with van der Waals surface area (Å²) in [6.45, 7) is 3.06. The lowest BCUT2D eigenvalue weighted by Gasteiger charge is -2.21. The van der Waals surface area contributed by atoms with Gasteiger partial charge in [0.2, 0.25) is 23.6 Å². The van der Waals surface area contributed by atoms with Crippen LogP contribution in [0.5, 0.6) is 0 Å². The molecule has 0 heterocycles. The molecule has 2 aromatic rings. The van der Waals surface area contributed by atoms with Crippen molar-refractivity contribution in [2.24, 2.45) is 22.9 Å². The Balaban J connectivity index is 3.00. The lowest BCUT2D eigenvalue weighted by molar-refractivity contribution is 0.0929. The third-order valence-electron chi connectivity index (χ3n) is 4.95. The highest BCUT2D eigenvalue weighted by Gasteiger charge is 2.33. The minimum absolute atomic E-state index is 0.0147. The van der Waals surface area contributed by atoms with Crippen LogP contribution in [0, 0.1) is 0 Å². The van der Waals surface area contributed by atoms with Crippen LogP contribution in [-0.2, 0) is 13.6 Å². The largest absolute Gasteiger partial charge is 0.366 e. The summed E-state index contributed by atoms with van der Waals surface area (Å²) in [5.74, 6) is -6.22. The lowest BCUT2D eigenvalue weighted by atomic mass is 9.84. The van der Waals surface area contributed by atoms with Gasteiger partial charge in [0, 0.05) is 10.9 Å². The van der Waals surface area contributed by atoms with Crippen molar-refractivity contribution in [3.63, 3.8) is 0 Å². The molecular weight excluding hydrogens is 497 g/mol. The predicted molar refractivity (Wildman–Crippen MR) is 127 cm³/mol. The van der Waals surface area contributed by atoms with E-state index in [2.05, 4.69) is 5.32 Å². The van der Waals surface area contributed by atoms with Crippen molar-refractivity contribution in [1.82, 2.24) is 5.32 Å². The molecule has 0 radical (unpaired) electrons. The van der Waals surface area contributed by atoms with Crippen LogP contribution in [0.2, 0.25) is 0 Å². The van der Waals surface area contributed by atoms with Crippen LogP contribution >= 0.6 is 7.60 Å². The Morgan fingerprint density at radius 3 is 1.78 bits per heavy atom. The number of nitrogens with two attached hydrogens (primary N) is 4. The van der Waals surface area contributed by atoms with E-state index < -0.39 is 82.2 Å². The third kappa shape index (κ3) is 5.25. The Kier molecular flexibility index (Phi) is 8.65. The Hall–Kier alpha value is -4.13. The number of benzene rings is 2. The van der Waals surface area contributed by atoms with Crippen molar-refractivity contribution in [3.05, 3.63) is 45.5 Å². The first-order chi connectivity index (χ1) is 16.8. The molecule has 36 heavy (non-hydrogen) atoms. The highest BCUT2D eigenvalue weighted by atomic mass is 31.2. The van der Waals surface area contributed by atoms with Crippen molar-refractivity contribution < 1.29 is 42.4 Å². The second-order valence-electron chi connectivity index (χ2n) is 7.13. The number of hydrogen-bond donors (Lipinski definition) is 5. The van der Waals surface area contributed by atoms with Gasteiger partial charge in [-0.3, -0.25) is 33.3 Å². The Labute approximate surface area is 204 Å². The predicted octanol–water partition coefficient (Wildman–Crippen LogP) is 0.00130. The van der Waals surface area contributed by atoms with Gasteiger partial charge in [0.25, 0.3) is 5.91 Å². The zero-order valence-electron chi connectivity index (χ0n) is 19.3. The van der Waals surface area contributed by atoms with Crippen LogP contribution in [0.1, 0.15) is 76.0 Å². The molecule has 0 unspecified atom stereocenters. The van der Waals surface area contributed by atoms with Gasteiger partial charge in [0.1, 0.15) is 6.29 Å². The van der Waals surface area contributed by atoms with E-state index in [9.17, 15) is 33.3 Å². The number of aldehydes is 1. The van der Waals surface area contributed by atoms with Gasteiger partial charge in [-0.2, -0.15) is 0 Å². The molecular formula is C21H24N5O9P. The average Bonchev–Trinajstić information content (AvgIpc) is 2.79. The molecule has 0 aromatic heterocycles. The summed E-state index contributed by atoms with van der Waals surface area (Å²) in [4.78, 5) is 74.5. The van der Waals surface area contributed by atoms with Gasteiger partial charge in [-0.25, -0.2) is 0 Å². The number of rotatable bonds is 12. The number of primary amides is 4. The molecule has 0 spiro atoms. The lowest BCUT2D eigenvalue weighted by Crippen LogP contribution is -2.33. The summed E-state index contributed by atoms with van der Waals surface area (Å²) in [7, 11) is -3.81. The summed E-state index contributed by atoms with van der Waals surface area (Å²) in [5.41, 5.74) is 17.8. The second kappa shape index (κ2) is 11.1. The Bertz CT molecular complexity index is 1350. The van der Waals surface area contributed by atoms with E-state index in [4.69, 9.17) is 32.0 Å². The van der Waals surface area contributed by atoms with Gasteiger partial charge >= 0.3 is 7.60 Å². The van der Waals surface area contributed by atoms with Crippen LogP contribution in [0.25, 0.3) is 10.8 Å². The number of amides is 5. The molecule has 0 bridgehead atoms. The number of nitrogens with one attached hydrogen (secondary N) is 1. The molecule has 0 saturated heterocycles. The zero-order valence-corrected chi connectivity index (χ0v) is 20.2. The molecule has 0 aliphatic rings. The normalized spacial score (nSPS) is 11.2. The Morgan fingerprint density at radius 1 is 0.833 bits per heavy atom. The summed E-state index contributed by atoms with van der Waals surface area (Å²) in [5, 5.41) is 1.54. The fourth-order valence-electron chi connectivity index (χ4n) is 3.70. The molecule has 9 N–H and O–H groups in total. The number of hydrogen-bond acceptors (Lipinski definition) is 9. The number of fused-ring (bicyclic) bond motifs is 1. The van der Waals surface area contributed by atoms with E-state index in [0.717, 1.165) is 12.1 Å². The van der Waals surface area contributed by atoms with Gasteiger partial charge in [0.05, 0.1) is 41.0 Å². The highest BCUT2D eigenvalue weighted by molar-refractivity contribution is 7.53. The first kappa shape index (κ1) is 28.1. The van der Waals surface area contributed by atoms with Gasteiger partial charge in [-0.15, -0.1) is 0 Å². The van der Waals surface area contributed by atoms with Gasteiger partial charge in [-0.1, -0.05) is 6.07 Å². The smallest absolute Gasteiger partial charge is 0.349 e. The average molecular weight is 521 g/mol. The summed E-state index contributed by atoms with van der Waals surface area (Å²) < 4.78 is 22.9. The van der Waals surface area contributed by atoms with E-state index in [-0.39, 0.29) is 24.9 Å². The molecule has 2 aromatic carbocycles. The minimum Gasteiger partial charge on any atom is -0.366 e. The molecule has 0 aliphatic carbocycles. The molecule has 5 amide bonds. The molecule has 15 heteroatoms. The van der Waals surface area contributed by atoms with Crippen molar-refractivity contribution >= 4 is 54.2 Å². The molecule has 0 fully saturated rings. The van der Waals surface area contributed by atoms with Crippen LogP contribution in [0.4, 0.5) is 0 Å². The van der Waals surface area contributed by atoms with Crippen molar-refractivity contribution in [1.29, 1.82) is 0 Å². The maximum absolute atomic E-state index is 13.2. The minimum atomic E-state index is -3.81. The van der Waals surface area contributed by atoms with Gasteiger partial charge < -0.3 is 37.3 Å². The Morgan fingerprint density at radius 2 is 1.36 bits per heavy atom. The van der Waals surface area contributed by atoms with Crippen LogP contribution in [-0.4, -0.2) is 55.3 Å². The number of carbonyl (C=O) groups is 6. The van der Waals surface area contributed by atoms with Crippen LogP contribution < -0.4 is 28.3 Å².